The van der Waals surface area contributed by atoms with Crippen molar-refractivity contribution in [2.24, 2.45) is 11.7 Å². The first-order valence-electron chi connectivity index (χ1n) is 6.40. The number of aromatic amines is 1. The lowest BCUT2D eigenvalue weighted by Gasteiger charge is -2.13. The average molecular weight is 224 g/mol. The summed E-state index contributed by atoms with van der Waals surface area (Å²) in [5.74, 6) is 2.68. The van der Waals surface area contributed by atoms with Crippen LogP contribution in [0.5, 0.6) is 0 Å². The summed E-state index contributed by atoms with van der Waals surface area (Å²) in [5.41, 5.74) is 5.62. The Morgan fingerprint density at radius 2 is 2.06 bits per heavy atom. The first kappa shape index (κ1) is 13.2. The molecular weight excluding hydrogens is 200 g/mol. The molecule has 1 aromatic rings. The summed E-state index contributed by atoms with van der Waals surface area (Å²) in [7, 11) is 0. The van der Waals surface area contributed by atoms with Crippen LogP contribution in [-0.2, 0) is 12.8 Å². The summed E-state index contributed by atoms with van der Waals surface area (Å²) in [4.78, 5) is 4.42. The second-order valence-corrected chi connectivity index (χ2v) is 4.32. The van der Waals surface area contributed by atoms with Gasteiger partial charge in [0.1, 0.15) is 11.6 Å². The molecule has 0 radical (unpaired) electrons. The summed E-state index contributed by atoms with van der Waals surface area (Å²) < 4.78 is 0. The number of hydrogen-bond acceptors (Lipinski definition) is 3. The average Bonchev–Trinajstić information content (AvgIpc) is 2.74. The summed E-state index contributed by atoms with van der Waals surface area (Å²) in [5, 5.41) is 7.15. The third-order valence-corrected chi connectivity index (χ3v) is 2.96. The van der Waals surface area contributed by atoms with Gasteiger partial charge >= 0.3 is 0 Å². The van der Waals surface area contributed by atoms with Crippen LogP contribution in [0.2, 0.25) is 0 Å². The number of H-pyrrole nitrogens is 1. The van der Waals surface area contributed by atoms with Crippen molar-refractivity contribution >= 4 is 0 Å². The minimum Gasteiger partial charge on any atom is -0.330 e. The minimum atomic E-state index is 0.741. The monoisotopic (exact) mass is 224 g/mol. The van der Waals surface area contributed by atoms with E-state index in [4.69, 9.17) is 5.73 Å². The molecule has 4 heteroatoms. The van der Waals surface area contributed by atoms with Gasteiger partial charge in [-0.3, -0.25) is 5.10 Å². The molecule has 1 atom stereocenters. The predicted octanol–water partition coefficient (Wildman–Crippen LogP) is 2.06. The van der Waals surface area contributed by atoms with Gasteiger partial charge in [-0.15, -0.1) is 0 Å². The SMILES string of the molecule is CCCC(CCN)CCc1nc(CC)n[nH]1. The highest BCUT2D eigenvalue weighted by atomic mass is 15.2. The summed E-state index contributed by atoms with van der Waals surface area (Å²) in [6.07, 6.45) is 6.70. The van der Waals surface area contributed by atoms with E-state index >= 15 is 0 Å². The van der Waals surface area contributed by atoms with E-state index in [1.165, 1.54) is 19.3 Å². The molecule has 0 aromatic carbocycles. The second kappa shape index (κ2) is 7.39. The fourth-order valence-corrected chi connectivity index (χ4v) is 2.02. The van der Waals surface area contributed by atoms with Gasteiger partial charge < -0.3 is 5.73 Å². The molecule has 0 aliphatic heterocycles. The molecule has 3 N–H and O–H groups in total. The molecule has 0 spiro atoms. The molecule has 1 rings (SSSR count). The lowest BCUT2D eigenvalue weighted by molar-refractivity contribution is 0.417. The zero-order valence-corrected chi connectivity index (χ0v) is 10.5. The minimum absolute atomic E-state index is 0.741. The van der Waals surface area contributed by atoms with E-state index in [0.717, 1.165) is 43.4 Å². The normalized spacial score (nSPS) is 12.9. The van der Waals surface area contributed by atoms with Crippen LogP contribution in [0.15, 0.2) is 0 Å². The maximum absolute atomic E-state index is 5.62. The van der Waals surface area contributed by atoms with Crippen molar-refractivity contribution in [3.05, 3.63) is 11.6 Å². The third kappa shape index (κ3) is 4.31. The zero-order chi connectivity index (χ0) is 11.8. The summed E-state index contributed by atoms with van der Waals surface area (Å²) >= 11 is 0. The van der Waals surface area contributed by atoms with Crippen LogP contribution in [0.4, 0.5) is 0 Å². The van der Waals surface area contributed by atoms with Gasteiger partial charge in [-0.2, -0.15) is 5.10 Å². The predicted molar refractivity (Wildman–Crippen MR) is 66.2 cm³/mol. The van der Waals surface area contributed by atoms with E-state index < -0.39 is 0 Å². The molecule has 1 aromatic heterocycles. The Hall–Kier alpha value is -0.900. The smallest absolute Gasteiger partial charge is 0.150 e. The van der Waals surface area contributed by atoms with Crippen LogP contribution in [-0.4, -0.2) is 21.7 Å². The summed E-state index contributed by atoms with van der Waals surface area (Å²) in [6.45, 7) is 5.09. The highest BCUT2D eigenvalue weighted by Crippen LogP contribution is 2.16. The fourth-order valence-electron chi connectivity index (χ4n) is 2.02. The van der Waals surface area contributed by atoms with Crippen molar-refractivity contribution in [1.82, 2.24) is 15.2 Å². The molecule has 16 heavy (non-hydrogen) atoms. The third-order valence-electron chi connectivity index (χ3n) is 2.96. The van der Waals surface area contributed by atoms with E-state index in [1.807, 2.05) is 0 Å². The molecule has 0 amide bonds. The van der Waals surface area contributed by atoms with Gasteiger partial charge in [0.25, 0.3) is 0 Å². The van der Waals surface area contributed by atoms with Gasteiger partial charge in [0.15, 0.2) is 0 Å². The maximum atomic E-state index is 5.62. The largest absolute Gasteiger partial charge is 0.330 e. The van der Waals surface area contributed by atoms with Gasteiger partial charge in [-0.05, 0) is 25.3 Å². The van der Waals surface area contributed by atoms with Crippen molar-refractivity contribution in [1.29, 1.82) is 0 Å². The van der Waals surface area contributed by atoms with Crippen molar-refractivity contribution in [2.45, 2.75) is 52.4 Å². The Bertz CT molecular complexity index is 276. The van der Waals surface area contributed by atoms with Crippen molar-refractivity contribution in [3.63, 3.8) is 0 Å². The van der Waals surface area contributed by atoms with Gasteiger partial charge in [-0.25, -0.2) is 4.98 Å². The molecule has 1 unspecified atom stereocenters. The Kier molecular flexibility index (Phi) is 6.08. The van der Waals surface area contributed by atoms with Crippen LogP contribution in [0.3, 0.4) is 0 Å². The van der Waals surface area contributed by atoms with Gasteiger partial charge in [0.2, 0.25) is 0 Å². The quantitative estimate of drug-likeness (QED) is 0.710. The highest BCUT2D eigenvalue weighted by Gasteiger charge is 2.09. The molecule has 0 aliphatic carbocycles. The molecule has 1 heterocycles. The number of aryl methyl sites for hydroxylation is 2. The molecule has 0 bridgehead atoms. The van der Waals surface area contributed by atoms with Crippen LogP contribution < -0.4 is 5.73 Å². The Morgan fingerprint density at radius 3 is 2.62 bits per heavy atom. The zero-order valence-electron chi connectivity index (χ0n) is 10.5. The van der Waals surface area contributed by atoms with Gasteiger partial charge in [-0.1, -0.05) is 26.7 Å². The van der Waals surface area contributed by atoms with E-state index in [-0.39, 0.29) is 0 Å². The molecule has 0 saturated heterocycles. The Labute approximate surface area is 98.0 Å². The Balaban J connectivity index is 2.35. The van der Waals surface area contributed by atoms with E-state index in [9.17, 15) is 0 Å². The highest BCUT2D eigenvalue weighted by molar-refractivity contribution is 4.90. The standard InChI is InChI=1S/C12H24N4/c1-3-5-10(8-9-13)6-7-12-14-11(4-2)15-16-12/h10H,3-9,13H2,1-2H3,(H,14,15,16). The molecule has 0 fully saturated rings. The van der Waals surface area contributed by atoms with Crippen molar-refractivity contribution < 1.29 is 0 Å². The number of nitrogens with zero attached hydrogens (tertiary/aromatic N) is 2. The van der Waals surface area contributed by atoms with Crippen LogP contribution >= 0.6 is 0 Å². The molecule has 4 nitrogen and oxygen atoms in total. The van der Waals surface area contributed by atoms with E-state index in [0.29, 0.717) is 0 Å². The molecular formula is C12H24N4. The molecule has 0 saturated carbocycles. The fraction of sp³-hybridized carbons (Fsp3) is 0.833. The van der Waals surface area contributed by atoms with Gasteiger partial charge in [0.05, 0.1) is 0 Å². The lowest BCUT2D eigenvalue weighted by Crippen LogP contribution is -2.10. The summed E-state index contributed by atoms with van der Waals surface area (Å²) in [6, 6.07) is 0. The molecule has 92 valence electrons. The first-order chi connectivity index (χ1) is 7.80. The van der Waals surface area contributed by atoms with Crippen LogP contribution in [0.25, 0.3) is 0 Å². The number of aromatic nitrogens is 3. The van der Waals surface area contributed by atoms with E-state index in [1.54, 1.807) is 0 Å². The van der Waals surface area contributed by atoms with Crippen LogP contribution in [0, 0.1) is 5.92 Å². The van der Waals surface area contributed by atoms with Crippen molar-refractivity contribution in [2.75, 3.05) is 6.54 Å². The van der Waals surface area contributed by atoms with Crippen LogP contribution in [0.1, 0.15) is 51.2 Å². The number of nitrogens with one attached hydrogen (secondary N) is 1. The number of rotatable bonds is 8. The number of nitrogens with two attached hydrogens (primary N) is 1. The second-order valence-electron chi connectivity index (χ2n) is 4.32. The van der Waals surface area contributed by atoms with E-state index in [2.05, 4.69) is 29.0 Å². The first-order valence-corrected chi connectivity index (χ1v) is 6.40. The lowest BCUT2D eigenvalue weighted by atomic mass is 9.94. The van der Waals surface area contributed by atoms with Crippen molar-refractivity contribution in [3.8, 4) is 0 Å². The number of hydrogen-bond donors (Lipinski definition) is 2. The topological polar surface area (TPSA) is 67.6 Å². The molecule has 0 aliphatic rings. The maximum Gasteiger partial charge on any atom is 0.150 e. The van der Waals surface area contributed by atoms with Gasteiger partial charge in [0, 0.05) is 12.8 Å². The Morgan fingerprint density at radius 1 is 1.25 bits per heavy atom.